The number of sulfonamides is 1. The number of nitrogen functional groups attached to an aromatic ring is 1. The molecule has 0 atom stereocenters. The lowest BCUT2D eigenvalue weighted by Crippen LogP contribution is -2.36. The zero-order valence-electron chi connectivity index (χ0n) is 11.7. The van der Waals surface area contributed by atoms with Gasteiger partial charge in [0.25, 0.3) is 0 Å². The molecule has 0 aromatic heterocycles. The molecule has 0 bridgehead atoms. The van der Waals surface area contributed by atoms with Gasteiger partial charge in [-0.2, -0.15) is 4.31 Å². The number of nitrogens with two attached hydrogens (primary N) is 1. The number of hydrogen-bond donors (Lipinski definition) is 2. The van der Waals surface area contributed by atoms with E-state index in [-0.39, 0.29) is 18.8 Å². The molecule has 1 aliphatic heterocycles. The molecule has 1 fully saturated rings. The van der Waals surface area contributed by atoms with E-state index in [9.17, 15) is 12.8 Å². The number of halogens is 1. The highest BCUT2D eigenvalue weighted by atomic mass is 32.2. The maximum atomic E-state index is 13.9. The summed E-state index contributed by atoms with van der Waals surface area (Å²) in [6, 6.07) is 3.86. The third-order valence-electron chi connectivity index (χ3n) is 3.56. The summed E-state index contributed by atoms with van der Waals surface area (Å²) in [6.07, 6.45) is 0.633. The highest BCUT2D eigenvalue weighted by Gasteiger charge is 2.30. The fraction of sp³-hybridized carbons (Fsp3) is 0.538. The van der Waals surface area contributed by atoms with E-state index in [2.05, 4.69) is 0 Å². The van der Waals surface area contributed by atoms with Crippen LogP contribution in [0.3, 0.4) is 0 Å². The first-order valence-electron chi connectivity index (χ1n) is 6.84. The lowest BCUT2D eigenvalue weighted by molar-refractivity contribution is 0.202. The lowest BCUT2D eigenvalue weighted by Gasteiger charge is -2.22. The topological polar surface area (TPSA) is 86.9 Å². The number of nitrogens with zero attached hydrogens (tertiary/aromatic N) is 2. The molecule has 3 N–H and O–H groups in total. The smallest absolute Gasteiger partial charge is 0.248 e. The van der Waals surface area contributed by atoms with Gasteiger partial charge in [0.1, 0.15) is 10.7 Å². The summed E-state index contributed by atoms with van der Waals surface area (Å²) in [5, 5.41) is 8.95. The summed E-state index contributed by atoms with van der Waals surface area (Å²) < 4.78 is 40.3. The van der Waals surface area contributed by atoms with E-state index in [1.165, 1.54) is 16.4 Å². The first-order valence-corrected chi connectivity index (χ1v) is 8.28. The van der Waals surface area contributed by atoms with E-state index in [0.717, 1.165) is 6.07 Å². The van der Waals surface area contributed by atoms with Crippen molar-refractivity contribution in [1.29, 1.82) is 0 Å². The average molecular weight is 317 g/mol. The van der Waals surface area contributed by atoms with Crippen molar-refractivity contribution < 1.29 is 17.9 Å². The predicted octanol–water partition coefficient (Wildman–Crippen LogP) is 0.0966. The van der Waals surface area contributed by atoms with Crippen LogP contribution in [0.4, 0.5) is 10.1 Å². The van der Waals surface area contributed by atoms with Crippen molar-refractivity contribution in [2.75, 3.05) is 45.1 Å². The van der Waals surface area contributed by atoms with Crippen LogP contribution in [0, 0.1) is 5.82 Å². The van der Waals surface area contributed by atoms with Gasteiger partial charge < -0.3 is 10.8 Å². The van der Waals surface area contributed by atoms with Crippen LogP contribution in [0.25, 0.3) is 0 Å². The van der Waals surface area contributed by atoms with E-state index in [4.69, 9.17) is 10.8 Å². The number of anilines is 1. The quantitative estimate of drug-likeness (QED) is 0.769. The molecule has 0 radical (unpaired) electrons. The molecule has 1 saturated heterocycles. The molecule has 1 aromatic carbocycles. The minimum atomic E-state index is -3.94. The second-order valence-electron chi connectivity index (χ2n) is 4.98. The van der Waals surface area contributed by atoms with Gasteiger partial charge in [0.15, 0.2) is 0 Å². The van der Waals surface area contributed by atoms with Gasteiger partial charge in [0.2, 0.25) is 10.0 Å². The van der Waals surface area contributed by atoms with Crippen LogP contribution in [-0.4, -0.2) is 62.1 Å². The summed E-state index contributed by atoms with van der Waals surface area (Å²) in [4.78, 5) is 1.54. The molecule has 0 aliphatic carbocycles. The Kier molecular flexibility index (Phi) is 5.15. The van der Waals surface area contributed by atoms with Gasteiger partial charge in [0, 0.05) is 26.2 Å². The number of aliphatic hydroxyl groups is 1. The maximum Gasteiger partial charge on any atom is 0.248 e. The van der Waals surface area contributed by atoms with Crippen molar-refractivity contribution in [2.45, 2.75) is 11.3 Å². The summed E-state index contributed by atoms with van der Waals surface area (Å²) >= 11 is 0. The Balaban J connectivity index is 2.24. The number of aliphatic hydroxyl groups excluding tert-OH is 1. The molecule has 0 amide bonds. The van der Waals surface area contributed by atoms with Gasteiger partial charge in [-0.05, 0) is 25.1 Å². The number of hydrogen-bond acceptors (Lipinski definition) is 5. The molecule has 1 aromatic rings. The molecule has 1 heterocycles. The minimum Gasteiger partial charge on any atom is -0.398 e. The van der Waals surface area contributed by atoms with Crippen LogP contribution >= 0.6 is 0 Å². The maximum absolute atomic E-state index is 13.9. The lowest BCUT2D eigenvalue weighted by atomic mass is 10.3. The Bertz CT molecular complexity index is 574. The Morgan fingerprint density at radius 3 is 2.67 bits per heavy atom. The second-order valence-corrected chi connectivity index (χ2v) is 6.86. The molecule has 1 aliphatic rings. The van der Waals surface area contributed by atoms with Crippen LogP contribution in [0.2, 0.25) is 0 Å². The SMILES string of the molecule is Nc1cccc(F)c1S(=O)(=O)N1CCCN(CCO)CC1. The van der Waals surface area contributed by atoms with Gasteiger partial charge >= 0.3 is 0 Å². The molecular formula is C13H20FN3O3S. The Morgan fingerprint density at radius 1 is 1.24 bits per heavy atom. The standard InChI is InChI=1S/C13H20FN3O3S/c14-11-3-1-4-12(15)13(11)21(19,20)17-6-2-5-16(7-8-17)9-10-18/h1,3-4,18H,2,5-10,15H2. The fourth-order valence-electron chi connectivity index (χ4n) is 2.48. The average Bonchev–Trinajstić information content (AvgIpc) is 2.65. The number of benzene rings is 1. The summed E-state index contributed by atoms with van der Waals surface area (Å²) in [5.41, 5.74) is 5.56. The molecule has 0 saturated carbocycles. The molecular weight excluding hydrogens is 297 g/mol. The van der Waals surface area contributed by atoms with Crippen LogP contribution in [0.15, 0.2) is 23.1 Å². The first-order chi connectivity index (χ1) is 9.96. The van der Waals surface area contributed by atoms with Gasteiger partial charge in [-0.25, -0.2) is 12.8 Å². The third kappa shape index (κ3) is 3.52. The van der Waals surface area contributed by atoms with Crippen molar-refractivity contribution in [3.8, 4) is 0 Å². The van der Waals surface area contributed by atoms with Gasteiger partial charge in [-0.15, -0.1) is 0 Å². The Hall–Kier alpha value is -1.22. The number of β-amino-alcohol motifs (C(OH)–C–C–N with tert-alkyl or cyclic N) is 1. The summed E-state index contributed by atoms with van der Waals surface area (Å²) in [7, 11) is -3.94. The zero-order valence-corrected chi connectivity index (χ0v) is 12.5. The first kappa shape index (κ1) is 16.2. The van der Waals surface area contributed by atoms with Crippen LogP contribution in [-0.2, 0) is 10.0 Å². The molecule has 118 valence electrons. The predicted molar refractivity (Wildman–Crippen MR) is 77.7 cm³/mol. The Morgan fingerprint density at radius 2 is 2.00 bits per heavy atom. The molecule has 21 heavy (non-hydrogen) atoms. The van der Waals surface area contributed by atoms with Crippen molar-refractivity contribution in [2.24, 2.45) is 0 Å². The molecule has 0 unspecified atom stereocenters. The molecule has 6 nitrogen and oxygen atoms in total. The van der Waals surface area contributed by atoms with Crippen LogP contribution < -0.4 is 5.73 Å². The van der Waals surface area contributed by atoms with Crippen molar-refractivity contribution in [3.05, 3.63) is 24.0 Å². The van der Waals surface area contributed by atoms with Crippen molar-refractivity contribution in [3.63, 3.8) is 0 Å². The van der Waals surface area contributed by atoms with E-state index in [1.807, 2.05) is 4.90 Å². The molecule has 2 rings (SSSR count). The van der Waals surface area contributed by atoms with Crippen LogP contribution in [0.5, 0.6) is 0 Å². The van der Waals surface area contributed by atoms with E-state index in [0.29, 0.717) is 32.6 Å². The van der Waals surface area contributed by atoms with E-state index in [1.54, 1.807) is 0 Å². The summed E-state index contributed by atoms with van der Waals surface area (Å²) in [5.74, 6) is -0.827. The van der Waals surface area contributed by atoms with Gasteiger partial charge in [-0.3, -0.25) is 4.90 Å². The van der Waals surface area contributed by atoms with E-state index >= 15 is 0 Å². The van der Waals surface area contributed by atoms with E-state index < -0.39 is 20.7 Å². The van der Waals surface area contributed by atoms with Gasteiger partial charge in [-0.1, -0.05) is 6.07 Å². The van der Waals surface area contributed by atoms with Gasteiger partial charge in [0.05, 0.1) is 12.3 Å². The van der Waals surface area contributed by atoms with Crippen molar-refractivity contribution >= 4 is 15.7 Å². The van der Waals surface area contributed by atoms with Crippen molar-refractivity contribution in [1.82, 2.24) is 9.21 Å². The number of rotatable bonds is 4. The van der Waals surface area contributed by atoms with Crippen LogP contribution in [0.1, 0.15) is 6.42 Å². The Labute approximate surface area is 124 Å². The highest BCUT2D eigenvalue weighted by Crippen LogP contribution is 2.26. The second kappa shape index (κ2) is 6.69. The molecule has 8 heteroatoms. The normalized spacial score (nSPS) is 18.6. The highest BCUT2D eigenvalue weighted by molar-refractivity contribution is 7.89. The molecule has 0 spiro atoms. The largest absolute Gasteiger partial charge is 0.398 e. The monoisotopic (exact) mass is 317 g/mol. The minimum absolute atomic E-state index is 0.0347. The zero-order chi connectivity index (χ0) is 15.5. The summed E-state index contributed by atoms with van der Waals surface area (Å²) in [6.45, 7) is 2.34. The third-order valence-corrected chi connectivity index (χ3v) is 5.55. The fourth-order valence-corrected chi connectivity index (χ4v) is 4.11.